The van der Waals surface area contributed by atoms with Crippen LogP contribution in [0.3, 0.4) is 0 Å². The standard InChI is InChI=1S/C28H30Cl2F2N2O4/c29-22-4-1-17(9-23(22)30)13-33-7-5-16(6-8-33)15-38-26-12-24(32)21(11-20(26)18-2-3-18)27(35)34-14-19(31)10-25(34)28(36)37/h1,4,9,11-12,16,18-19,25H,2-3,5-8,10,13-15H2,(H,36,37)/t19-,25?/m1/s1. The molecule has 2 heterocycles. The Morgan fingerprint density at radius 2 is 1.79 bits per heavy atom. The number of hydrogen-bond donors (Lipinski definition) is 1. The second-order valence-electron chi connectivity index (χ2n) is 10.6. The molecule has 2 saturated heterocycles. The van der Waals surface area contributed by atoms with Crippen molar-refractivity contribution in [2.24, 2.45) is 5.92 Å². The molecule has 1 amide bonds. The summed E-state index contributed by atoms with van der Waals surface area (Å²) in [6, 6.07) is 7.10. The SMILES string of the molecule is O=C(O)C1C[C@@H](F)CN1C(=O)c1cc(C2CC2)c(OCC2CCN(Cc3ccc(Cl)c(Cl)c3)CC2)cc1F. The van der Waals surface area contributed by atoms with Crippen LogP contribution in [0.1, 0.15) is 59.5 Å². The molecule has 10 heteroatoms. The summed E-state index contributed by atoms with van der Waals surface area (Å²) in [5.74, 6) is -1.94. The molecule has 2 aliphatic heterocycles. The lowest BCUT2D eigenvalue weighted by Crippen LogP contribution is -2.41. The Balaban J connectivity index is 1.21. The summed E-state index contributed by atoms with van der Waals surface area (Å²) in [5.41, 5.74) is 1.64. The number of halogens is 4. The molecule has 6 nitrogen and oxygen atoms in total. The fourth-order valence-electron chi connectivity index (χ4n) is 5.39. The van der Waals surface area contributed by atoms with Gasteiger partial charge in [0, 0.05) is 19.0 Å². The molecule has 204 valence electrons. The summed E-state index contributed by atoms with van der Waals surface area (Å²) in [4.78, 5) is 27.8. The van der Waals surface area contributed by atoms with Gasteiger partial charge in [0.1, 0.15) is 23.8 Å². The van der Waals surface area contributed by atoms with Crippen LogP contribution in [0.2, 0.25) is 10.0 Å². The molecule has 0 bridgehead atoms. The highest BCUT2D eigenvalue weighted by molar-refractivity contribution is 6.42. The molecule has 5 rings (SSSR count). The lowest BCUT2D eigenvalue weighted by Gasteiger charge is -2.32. The molecule has 3 aliphatic rings. The van der Waals surface area contributed by atoms with Crippen molar-refractivity contribution < 1.29 is 28.2 Å². The van der Waals surface area contributed by atoms with Gasteiger partial charge in [-0.2, -0.15) is 0 Å². The zero-order valence-electron chi connectivity index (χ0n) is 20.8. The number of benzene rings is 2. The third kappa shape index (κ3) is 6.08. The van der Waals surface area contributed by atoms with Crippen molar-refractivity contribution in [1.82, 2.24) is 9.80 Å². The Morgan fingerprint density at radius 3 is 2.45 bits per heavy atom. The van der Waals surface area contributed by atoms with E-state index in [-0.39, 0.29) is 24.4 Å². The van der Waals surface area contributed by atoms with E-state index in [9.17, 15) is 19.1 Å². The van der Waals surface area contributed by atoms with Gasteiger partial charge in [0.05, 0.1) is 28.8 Å². The Labute approximate surface area is 230 Å². The number of carboxylic acid groups (broad SMARTS) is 1. The number of hydrogen-bond acceptors (Lipinski definition) is 4. The number of amides is 1. The number of aliphatic carboxylic acids is 1. The first-order chi connectivity index (χ1) is 18.2. The minimum atomic E-state index is -1.44. The van der Waals surface area contributed by atoms with Crippen LogP contribution in [0.5, 0.6) is 5.75 Å². The first kappa shape index (κ1) is 27.2. The van der Waals surface area contributed by atoms with Crippen molar-refractivity contribution in [3.63, 3.8) is 0 Å². The summed E-state index contributed by atoms with van der Waals surface area (Å²) < 4.78 is 35.1. The molecule has 1 saturated carbocycles. The largest absolute Gasteiger partial charge is 0.493 e. The number of carbonyl (C=O) groups excluding carboxylic acids is 1. The molecule has 3 fully saturated rings. The summed E-state index contributed by atoms with van der Waals surface area (Å²) in [5, 5.41) is 10.5. The lowest BCUT2D eigenvalue weighted by atomic mass is 9.97. The van der Waals surface area contributed by atoms with E-state index in [1.807, 2.05) is 18.2 Å². The van der Waals surface area contributed by atoms with E-state index in [4.69, 9.17) is 27.9 Å². The Kier molecular flexibility index (Phi) is 8.12. The number of likely N-dealkylation sites (tertiary alicyclic amines) is 2. The van der Waals surface area contributed by atoms with Gasteiger partial charge in [0.2, 0.25) is 0 Å². The molecule has 2 atom stereocenters. The average molecular weight is 567 g/mol. The molecule has 0 aromatic heterocycles. The minimum absolute atomic E-state index is 0.174. The van der Waals surface area contributed by atoms with E-state index in [0.29, 0.717) is 28.3 Å². The van der Waals surface area contributed by atoms with Gasteiger partial charge in [-0.3, -0.25) is 9.69 Å². The maximum atomic E-state index is 15.1. The van der Waals surface area contributed by atoms with Crippen LogP contribution < -0.4 is 4.74 Å². The second-order valence-corrected chi connectivity index (χ2v) is 11.4. The summed E-state index contributed by atoms with van der Waals surface area (Å²) >= 11 is 12.1. The predicted molar refractivity (Wildman–Crippen MR) is 140 cm³/mol. The van der Waals surface area contributed by atoms with Crippen molar-refractivity contribution in [3.8, 4) is 5.75 Å². The van der Waals surface area contributed by atoms with Gasteiger partial charge in [-0.1, -0.05) is 29.3 Å². The van der Waals surface area contributed by atoms with Crippen molar-refractivity contribution in [3.05, 3.63) is 62.9 Å². The number of carbonyl (C=O) groups is 2. The van der Waals surface area contributed by atoms with Gasteiger partial charge in [-0.05, 0) is 79.9 Å². The molecule has 1 N–H and O–H groups in total. The average Bonchev–Trinajstić information content (AvgIpc) is 3.65. The third-order valence-corrected chi connectivity index (χ3v) is 8.45. The second kappa shape index (κ2) is 11.4. The summed E-state index contributed by atoms with van der Waals surface area (Å²) in [6.45, 7) is 2.70. The zero-order valence-corrected chi connectivity index (χ0v) is 22.4. The van der Waals surface area contributed by atoms with E-state index >= 15 is 4.39 Å². The van der Waals surface area contributed by atoms with Crippen molar-refractivity contribution in [2.75, 3.05) is 26.2 Å². The normalized spacial score (nSPS) is 22.6. The molecule has 0 radical (unpaired) electrons. The highest BCUT2D eigenvalue weighted by Gasteiger charge is 2.41. The fraction of sp³-hybridized carbons (Fsp3) is 0.500. The molecular weight excluding hydrogens is 537 g/mol. The van der Waals surface area contributed by atoms with Crippen LogP contribution in [0, 0.1) is 11.7 Å². The molecule has 38 heavy (non-hydrogen) atoms. The van der Waals surface area contributed by atoms with Crippen molar-refractivity contribution in [1.29, 1.82) is 0 Å². The smallest absolute Gasteiger partial charge is 0.326 e. The third-order valence-electron chi connectivity index (χ3n) is 7.71. The van der Waals surface area contributed by atoms with Gasteiger partial charge in [-0.15, -0.1) is 0 Å². The molecule has 0 spiro atoms. The lowest BCUT2D eigenvalue weighted by molar-refractivity contribution is -0.141. The fourth-order valence-corrected chi connectivity index (χ4v) is 5.71. The van der Waals surface area contributed by atoms with Crippen LogP contribution >= 0.6 is 23.2 Å². The Hall–Kier alpha value is -2.42. The molecule has 2 aromatic rings. The number of alkyl halides is 1. The predicted octanol–water partition coefficient (Wildman–Crippen LogP) is 5.94. The van der Waals surface area contributed by atoms with Crippen molar-refractivity contribution in [2.45, 2.75) is 56.8 Å². The summed E-state index contributed by atoms with van der Waals surface area (Å²) in [7, 11) is 0. The van der Waals surface area contributed by atoms with Crippen LogP contribution in [-0.4, -0.2) is 65.2 Å². The first-order valence-electron chi connectivity index (χ1n) is 13.0. The molecule has 1 unspecified atom stereocenters. The number of nitrogens with zero attached hydrogens (tertiary/aromatic N) is 2. The van der Waals surface area contributed by atoms with Crippen LogP contribution in [0.4, 0.5) is 8.78 Å². The highest BCUT2D eigenvalue weighted by Crippen LogP contribution is 2.45. The first-order valence-corrected chi connectivity index (χ1v) is 13.8. The maximum Gasteiger partial charge on any atom is 0.326 e. The van der Waals surface area contributed by atoms with Gasteiger partial charge < -0.3 is 14.7 Å². The van der Waals surface area contributed by atoms with E-state index in [1.54, 1.807) is 0 Å². The molecule has 1 aliphatic carbocycles. The zero-order chi connectivity index (χ0) is 27.0. The number of carboxylic acids is 1. The Bertz CT molecular complexity index is 1220. The van der Waals surface area contributed by atoms with E-state index in [0.717, 1.165) is 61.3 Å². The number of ether oxygens (including phenoxy) is 1. The van der Waals surface area contributed by atoms with E-state index in [1.165, 1.54) is 12.1 Å². The topological polar surface area (TPSA) is 70.1 Å². The van der Waals surface area contributed by atoms with Gasteiger partial charge in [0.15, 0.2) is 0 Å². The van der Waals surface area contributed by atoms with E-state index in [2.05, 4.69) is 4.90 Å². The quantitative estimate of drug-likeness (QED) is 0.428. The molecular formula is C28H30Cl2F2N2O4. The minimum Gasteiger partial charge on any atom is -0.493 e. The molecule has 2 aromatic carbocycles. The number of piperidine rings is 1. The van der Waals surface area contributed by atoms with Crippen LogP contribution in [0.15, 0.2) is 30.3 Å². The summed E-state index contributed by atoms with van der Waals surface area (Å²) in [6.07, 6.45) is 1.98. The highest BCUT2D eigenvalue weighted by atomic mass is 35.5. The van der Waals surface area contributed by atoms with Gasteiger partial charge in [-0.25, -0.2) is 13.6 Å². The van der Waals surface area contributed by atoms with E-state index < -0.39 is 29.9 Å². The van der Waals surface area contributed by atoms with Gasteiger partial charge >= 0.3 is 5.97 Å². The Morgan fingerprint density at radius 1 is 1.05 bits per heavy atom. The number of rotatable bonds is 8. The monoisotopic (exact) mass is 566 g/mol. The van der Waals surface area contributed by atoms with Crippen LogP contribution in [0.25, 0.3) is 0 Å². The van der Waals surface area contributed by atoms with Gasteiger partial charge in [0.25, 0.3) is 5.91 Å². The van der Waals surface area contributed by atoms with Crippen LogP contribution in [-0.2, 0) is 11.3 Å². The maximum absolute atomic E-state index is 15.1. The van der Waals surface area contributed by atoms with Crippen molar-refractivity contribution >= 4 is 35.1 Å².